The maximum atomic E-state index is 13.3. The van der Waals surface area contributed by atoms with Crippen molar-refractivity contribution in [2.45, 2.75) is 57.5 Å². The van der Waals surface area contributed by atoms with Crippen LogP contribution in [0.5, 0.6) is 0 Å². The lowest BCUT2D eigenvalue weighted by Crippen LogP contribution is -2.46. The molecule has 0 bridgehead atoms. The highest BCUT2D eigenvalue weighted by Gasteiger charge is 2.22. The molecule has 1 aromatic heterocycles. The molecule has 0 fully saturated rings. The highest BCUT2D eigenvalue weighted by molar-refractivity contribution is 5.83. The quantitative estimate of drug-likeness (QED) is 0.201. The summed E-state index contributed by atoms with van der Waals surface area (Å²) in [6.45, 7) is 1.49. The van der Waals surface area contributed by atoms with Gasteiger partial charge >= 0.3 is 0 Å². The van der Waals surface area contributed by atoms with Crippen molar-refractivity contribution in [1.29, 1.82) is 0 Å². The number of H-pyrrole nitrogens is 1. The molecule has 0 saturated carbocycles. The van der Waals surface area contributed by atoms with E-state index < -0.39 is 0 Å². The van der Waals surface area contributed by atoms with Gasteiger partial charge in [-0.25, -0.2) is 0 Å². The van der Waals surface area contributed by atoms with Crippen LogP contribution in [0.2, 0.25) is 0 Å². The number of aryl methyl sites for hydroxylation is 1. The third-order valence-corrected chi connectivity index (χ3v) is 6.91. The molecule has 188 valence electrons. The summed E-state index contributed by atoms with van der Waals surface area (Å²) < 4.78 is 0. The number of nitrogens with one attached hydrogen (secondary N) is 2. The van der Waals surface area contributed by atoms with E-state index in [9.17, 15) is 4.79 Å². The lowest BCUT2D eigenvalue weighted by molar-refractivity contribution is -0.132. The molecule has 0 saturated heterocycles. The van der Waals surface area contributed by atoms with E-state index in [0.29, 0.717) is 13.0 Å². The monoisotopic (exact) mass is 481 g/mol. The summed E-state index contributed by atoms with van der Waals surface area (Å²) >= 11 is 0. The number of likely N-dealkylation sites (N-methyl/N-ethyl adjacent to an activating group) is 1. The van der Waals surface area contributed by atoms with Gasteiger partial charge in [0.25, 0.3) is 0 Å². The number of carbonyl (C=O) groups excluding carboxylic acids is 1. The molecule has 4 heteroatoms. The number of fused-ring (bicyclic) bond motifs is 1. The molecule has 0 aliphatic heterocycles. The summed E-state index contributed by atoms with van der Waals surface area (Å²) in [6.07, 6.45) is 9.97. The molecule has 0 spiro atoms. The van der Waals surface area contributed by atoms with Crippen LogP contribution in [0.15, 0.2) is 91.1 Å². The van der Waals surface area contributed by atoms with Gasteiger partial charge in [0, 0.05) is 30.7 Å². The zero-order chi connectivity index (χ0) is 25.0. The second kappa shape index (κ2) is 13.6. The van der Waals surface area contributed by atoms with Crippen LogP contribution in [0.4, 0.5) is 0 Å². The highest BCUT2D eigenvalue weighted by Crippen LogP contribution is 2.20. The van der Waals surface area contributed by atoms with E-state index in [1.807, 2.05) is 48.3 Å². The van der Waals surface area contributed by atoms with Crippen LogP contribution in [0.3, 0.4) is 0 Å². The topological polar surface area (TPSA) is 48.1 Å². The van der Waals surface area contributed by atoms with E-state index >= 15 is 0 Å². The van der Waals surface area contributed by atoms with E-state index in [2.05, 4.69) is 65.0 Å². The van der Waals surface area contributed by atoms with Crippen LogP contribution >= 0.6 is 0 Å². The third kappa shape index (κ3) is 7.56. The molecule has 1 atom stereocenters. The van der Waals surface area contributed by atoms with E-state index in [0.717, 1.165) is 24.9 Å². The molecular weight excluding hydrogens is 442 g/mol. The summed E-state index contributed by atoms with van der Waals surface area (Å²) in [7, 11) is 1.91. The first-order valence-electron chi connectivity index (χ1n) is 13.3. The van der Waals surface area contributed by atoms with Crippen LogP contribution in [-0.2, 0) is 24.2 Å². The van der Waals surface area contributed by atoms with Gasteiger partial charge in [-0.1, -0.05) is 98.1 Å². The van der Waals surface area contributed by atoms with Gasteiger partial charge in [-0.2, -0.15) is 0 Å². The molecule has 0 aliphatic carbocycles. The molecule has 2 N–H and O–H groups in total. The van der Waals surface area contributed by atoms with Crippen LogP contribution in [-0.4, -0.2) is 35.4 Å². The molecule has 1 heterocycles. The third-order valence-electron chi connectivity index (χ3n) is 6.91. The number of nitrogens with zero attached hydrogens (tertiary/aromatic N) is 1. The average Bonchev–Trinajstić information content (AvgIpc) is 3.33. The Hall–Kier alpha value is -3.37. The number of rotatable bonds is 14. The van der Waals surface area contributed by atoms with Gasteiger partial charge in [0.2, 0.25) is 5.91 Å². The summed E-state index contributed by atoms with van der Waals surface area (Å²) in [5.74, 6) is 0.154. The lowest BCUT2D eigenvalue weighted by atomic mass is 10.0. The largest absolute Gasteiger partial charge is 0.361 e. The SMILES string of the molecule is CN(Cc1ccccc1)C(=O)C(Cc1ccccc1)NCCCCCCCc1c[nH]c2ccccc12. The summed E-state index contributed by atoms with van der Waals surface area (Å²) in [5.41, 5.74) is 5.00. The van der Waals surface area contributed by atoms with Gasteiger partial charge in [0.15, 0.2) is 0 Å². The molecule has 1 unspecified atom stereocenters. The van der Waals surface area contributed by atoms with Crippen LogP contribution in [0.25, 0.3) is 10.9 Å². The first kappa shape index (κ1) is 25.7. The van der Waals surface area contributed by atoms with E-state index in [1.54, 1.807) is 0 Å². The van der Waals surface area contributed by atoms with Crippen LogP contribution in [0.1, 0.15) is 48.8 Å². The van der Waals surface area contributed by atoms with Crippen molar-refractivity contribution in [2.75, 3.05) is 13.6 Å². The number of aromatic nitrogens is 1. The van der Waals surface area contributed by atoms with E-state index in [1.165, 1.54) is 47.7 Å². The maximum Gasteiger partial charge on any atom is 0.240 e. The minimum absolute atomic E-state index is 0.154. The predicted molar refractivity (Wildman–Crippen MR) is 150 cm³/mol. The fourth-order valence-electron chi connectivity index (χ4n) is 4.88. The first-order valence-corrected chi connectivity index (χ1v) is 13.3. The second-order valence-corrected chi connectivity index (χ2v) is 9.75. The van der Waals surface area contributed by atoms with Gasteiger partial charge in [0.05, 0.1) is 6.04 Å². The number of hydrogen-bond acceptors (Lipinski definition) is 2. The number of aromatic amines is 1. The second-order valence-electron chi connectivity index (χ2n) is 9.75. The standard InChI is InChI=1S/C32H39N3O/c1-35(25-27-17-9-6-10-18-27)32(36)31(23-26-15-7-5-8-16-26)33-22-14-4-2-3-11-19-28-24-34-30-21-13-12-20-29(28)30/h5-10,12-13,15-18,20-21,24,31,33-34H,2-4,11,14,19,22-23,25H2,1H3. The van der Waals surface area contributed by atoms with Gasteiger partial charge < -0.3 is 15.2 Å². The molecule has 36 heavy (non-hydrogen) atoms. The fourth-order valence-corrected chi connectivity index (χ4v) is 4.88. The molecule has 3 aromatic carbocycles. The number of carbonyl (C=O) groups is 1. The van der Waals surface area contributed by atoms with Gasteiger partial charge in [-0.05, 0) is 55.0 Å². The predicted octanol–water partition coefficient (Wildman–Crippen LogP) is 6.52. The zero-order valence-corrected chi connectivity index (χ0v) is 21.5. The van der Waals surface area contributed by atoms with E-state index in [4.69, 9.17) is 0 Å². The number of unbranched alkanes of at least 4 members (excludes halogenated alkanes) is 4. The Morgan fingerprint density at radius 2 is 1.44 bits per heavy atom. The average molecular weight is 482 g/mol. The van der Waals surface area contributed by atoms with Crippen molar-refractivity contribution in [3.8, 4) is 0 Å². The van der Waals surface area contributed by atoms with E-state index in [-0.39, 0.29) is 11.9 Å². The van der Waals surface area contributed by atoms with Crippen molar-refractivity contribution in [2.24, 2.45) is 0 Å². The molecule has 4 aromatic rings. The Kier molecular flexibility index (Phi) is 9.75. The Bertz CT molecular complexity index is 1190. The zero-order valence-electron chi connectivity index (χ0n) is 21.5. The molecular formula is C32H39N3O. The highest BCUT2D eigenvalue weighted by atomic mass is 16.2. The minimum atomic E-state index is -0.206. The minimum Gasteiger partial charge on any atom is -0.361 e. The van der Waals surface area contributed by atoms with Crippen molar-refractivity contribution in [1.82, 2.24) is 15.2 Å². The Labute approximate surface area is 215 Å². The number of benzene rings is 3. The van der Waals surface area contributed by atoms with Crippen molar-refractivity contribution < 1.29 is 4.79 Å². The fraction of sp³-hybridized carbons (Fsp3) is 0.344. The number of hydrogen-bond donors (Lipinski definition) is 2. The van der Waals surface area contributed by atoms with Gasteiger partial charge in [-0.3, -0.25) is 4.79 Å². The molecule has 4 nitrogen and oxygen atoms in total. The number of amides is 1. The van der Waals surface area contributed by atoms with Crippen molar-refractivity contribution >= 4 is 16.8 Å². The smallest absolute Gasteiger partial charge is 0.240 e. The molecule has 1 amide bonds. The molecule has 4 rings (SSSR count). The molecule has 0 radical (unpaired) electrons. The normalized spacial score (nSPS) is 12.0. The Morgan fingerprint density at radius 1 is 0.806 bits per heavy atom. The Balaban J connectivity index is 1.20. The number of para-hydroxylation sites is 1. The van der Waals surface area contributed by atoms with Gasteiger partial charge in [0.1, 0.15) is 0 Å². The Morgan fingerprint density at radius 3 is 2.22 bits per heavy atom. The van der Waals surface area contributed by atoms with Gasteiger partial charge in [-0.15, -0.1) is 0 Å². The molecule has 0 aliphatic rings. The summed E-state index contributed by atoms with van der Waals surface area (Å²) in [4.78, 5) is 18.5. The van der Waals surface area contributed by atoms with Crippen molar-refractivity contribution in [3.63, 3.8) is 0 Å². The van der Waals surface area contributed by atoms with Crippen LogP contribution in [0, 0.1) is 0 Å². The lowest BCUT2D eigenvalue weighted by Gasteiger charge is -2.25. The summed E-state index contributed by atoms with van der Waals surface area (Å²) in [6, 6.07) is 28.8. The maximum absolute atomic E-state index is 13.3. The van der Waals surface area contributed by atoms with Crippen LogP contribution < -0.4 is 5.32 Å². The first-order chi connectivity index (χ1) is 17.7. The summed E-state index contributed by atoms with van der Waals surface area (Å²) in [5, 5.41) is 4.93. The van der Waals surface area contributed by atoms with Crippen molar-refractivity contribution in [3.05, 3.63) is 108 Å².